The topological polar surface area (TPSA) is 170 Å². The molecular formula is C109H62N12O3S3. The third-order valence-corrected chi connectivity index (χ3v) is 26.8. The Bertz CT molecular complexity index is 9200. The lowest BCUT2D eigenvalue weighted by Crippen LogP contribution is -2.03. The lowest BCUT2D eigenvalue weighted by atomic mass is 10.1. The number of aromatic nitrogens is 12. The van der Waals surface area contributed by atoms with Crippen molar-refractivity contribution in [1.29, 1.82) is 0 Å². The molecule has 16 aromatic carbocycles. The molecule has 0 aliphatic carbocycles. The van der Waals surface area contributed by atoms with Gasteiger partial charge in [-0.2, -0.15) is 0 Å². The summed E-state index contributed by atoms with van der Waals surface area (Å²) in [5.74, 6) is 2.48. The Balaban J connectivity index is 0.000000102. The lowest BCUT2D eigenvalue weighted by molar-refractivity contribution is 0.670. The third kappa shape index (κ3) is 11.4. The van der Waals surface area contributed by atoms with Crippen molar-refractivity contribution in [2.75, 3.05) is 0 Å². The van der Waals surface area contributed by atoms with Gasteiger partial charge in [0.1, 0.15) is 33.3 Å². The molecule has 594 valence electrons. The van der Waals surface area contributed by atoms with Crippen molar-refractivity contribution >= 4 is 207 Å². The summed E-state index contributed by atoms with van der Waals surface area (Å²) in [7, 11) is 0. The highest BCUT2D eigenvalue weighted by molar-refractivity contribution is 7.19. The third-order valence-electron chi connectivity index (χ3n) is 24.3. The van der Waals surface area contributed by atoms with Crippen LogP contribution in [0.4, 0.5) is 0 Å². The van der Waals surface area contributed by atoms with Crippen LogP contribution in [0.1, 0.15) is 0 Å². The van der Waals surface area contributed by atoms with Crippen LogP contribution in [0.5, 0.6) is 0 Å². The summed E-state index contributed by atoms with van der Waals surface area (Å²) in [6.07, 6.45) is 0. The highest BCUT2D eigenvalue weighted by Gasteiger charge is 2.30. The maximum absolute atomic E-state index is 6.71. The Morgan fingerprint density at radius 3 is 1.02 bits per heavy atom. The van der Waals surface area contributed by atoms with E-state index in [0.717, 1.165) is 235 Å². The first-order chi connectivity index (χ1) is 63.0. The van der Waals surface area contributed by atoms with Gasteiger partial charge < -0.3 is 22.4 Å². The molecule has 28 rings (SSSR count). The summed E-state index contributed by atoms with van der Waals surface area (Å²) in [5, 5.41) is 14.3. The molecule has 0 atom stereocenters. The number of para-hydroxylation sites is 7. The van der Waals surface area contributed by atoms with Crippen molar-refractivity contribution in [3.63, 3.8) is 0 Å². The van der Waals surface area contributed by atoms with Gasteiger partial charge in [-0.15, -0.1) is 34.0 Å². The Morgan fingerprint density at radius 1 is 0.236 bits per heavy atom. The predicted octanol–water partition coefficient (Wildman–Crippen LogP) is 29.4. The molecule has 0 fully saturated rings. The van der Waals surface area contributed by atoms with Crippen LogP contribution in [0, 0.1) is 0 Å². The average Bonchev–Trinajstić information content (AvgIpc) is 1.54. The van der Waals surface area contributed by atoms with Gasteiger partial charge in [0, 0.05) is 109 Å². The number of furan rings is 3. The molecule has 15 nitrogen and oxygen atoms in total. The van der Waals surface area contributed by atoms with Gasteiger partial charge in [0.2, 0.25) is 5.95 Å². The van der Waals surface area contributed by atoms with Crippen molar-refractivity contribution in [2.45, 2.75) is 0 Å². The summed E-state index contributed by atoms with van der Waals surface area (Å²) in [5.41, 5.74) is 31.7. The number of hydrogen-bond acceptors (Lipinski definition) is 15. The number of benzene rings is 16. The molecule has 0 aliphatic heterocycles. The largest absolute Gasteiger partial charge is 0.454 e. The zero-order chi connectivity index (χ0) is 83.3. The first-order valence-electron chi connectivity index (χ1n) is 41.8. The van der Waals surface area contributed by atoms with E-state index in [1.54, 1.807) is 34.0 Å². The maximum atomic E-state index is 6.71. The van der Waals surface area contributed by atoms with Crippen LogP contribution in [-0.4, -0.2) is 58.6 Å². The van der Waals surface area contributed by atoms with Gasteiger partial charge in [-0.05, 0) is 66.7 Å². The second kappa shape index (κ2) is 29.1. The first-order valence-corrected chi connectivity index (χ1v) is 44.4. The van der Waals surface area contributed by atoms with E-state index in [4.69, 9.17) is 58.1 Å². The smallest absolute Gasteiger partial charge is 0.235 e. The van der Waals surface area contributed by atoms with Gasteiger partial charge in [0.15, 0.2) is 34.2 Å². The maximum Gasteiger partial charge on any atom is 0.235 e. The molecule has 127 heavy (non-hydrogen) atoms. The fourth-order valence-electron chi connectivity index (χ4n) is 18.8. The molecule has 0 amide bonds. The van der Waals surface area contributed by atoms with Gasteiger partial charge in [0.05, 0.1) is 92.0 Å². The van der Waals surface area contributed by atoms with Crippen LogP contribution in [-0.2, 0) is 0 Å². The zero-order valence-corrected chi connectivity index (χ0v) is 69.6. The Hall–Kier alpha value is -16.5. The van der Waals surface area contributed by atoms with Gasteiger partial charge >= 0.3 is 0 Å². The minimum Gasteiger partial charge on any atom is -0.454 e. The van der Waals surface area contributed by atoms with Crippen molar-refractivity contribution in [1.82, 2.24) is 58.6 Å². The lowest BCUT2D eigenvalue weighted by Gasteiger charge is -2.13. The summed E-state index contributed by atoms with van der Waals surface area (Å²) in [6, 6.07) is 122. The minimum atomic E-state index is 0.607. The van der Waals surface area contributed by atoms with Gasteiger partial charge in [-0.1, -0.05) is 291 Å². The number of hydrogen-bond donors (Lipinski definition) is 0. The molecule has 0 saturated carbocycles. The highest BCUT2D eigenvalue weighted by atomic mass is 32.1. The zero-order valence-electron chi connectivity index (χ0n) is 67.1. The summed E-state index contributed by atoms with van der Waals surface area (Å²) >= 11 is 4.99. The molecule has 0 N–H and O–H groups in total. The highest BCUT2D eigenvalue weighted by Crippen LogP contribution is 2.52. The van der Waals surface area contributed by atoms with Gasteiger partial charge in [0.25, 0.3) is 0 Å². The van der Waals surface area contributed by atoms with E-state index in [1.165, 1.54) is 0 Å². The monoisotopic (exact) mass is 1680 g/mol. The van der Waals surface area contributed by atoms with E-state index in [1.807, 2.05) is 150 Å². The van der Waals surface area contributed by atoms with Crippen LogP contribution in [0.3, 0.4) is 0 Å². The van der Waals surface area contributed by atoms with Crippen molar-refractivity contribution < 1.29 is 13.3 Å². The fourth-order valence-corrected chi connectivity index (χ4v) is 21.4. The van der Waals surface area contributed by atoms with Crippen LogP contribution in [0.25, 0.3) is 258 Å². The first kappa shape index (κ1) is 72.2. The molecule has 0 unspecified atom stereocenters. The van der Waals surface area contributed by atoms with Gasteiger partial charge in [-0.3, -0.25) is 4.57 Å². The summed E-state index contributed by atoms with van der Waals surface area (Å²) < 4.78 is 30.3. The normalized spacial score (nSPS) is 11.9. The standard InChI is InChI=1S/C40H23N5OS.C36H21N3OS.C33H18N4OS/c1-3-12-24(13-4-1)38-42-39(25-14-5-2-6-15-25)44-40(43-38)26-16-11-17-27(22-26)45-30-20-9-7-18-28(30)32-34-37(47-23-41-34)33-29-19-8-10-21-31(29)46-36(33)35(32)45;1-3-11-22(12-4-1)27-19-24(20-28(38-27)23-13-5-2-6-14-23)39-29-17-9-7-15-25(29)31-33-36(41-21-37-33)32-26-16-8-10-18-30(26)40-35(32)34(31)39;1-2-10-19(11-3-1)28-20-12-4-7-15-23(20)35-33(36-28)37-24-16-8-5-13-21(24)26-29-32(39-18-34-29)27-22-14-6-9-17-25(22)38-31(27)30(26)37/h1-23H;1-21H;1-18H. The predicted molar refractivity (Wildman–Crippen MR) is 521 cm³/mol. The van der Waals surface area contributed by atoms with Crippen molar-refractivity contribution in [3.8, 4) is 85.3 Å². The molecule has 18 heteroatoms. The molecular weight excluding hydrogens is 1620 g/mol. The van der Waals surface area contributed by atoms with Crippen LogP contribution >= 0.6 is 34.0 Å². The Kier molecular flexibility index (Phi) is 16.5. The van der Waals surface area contributed by atoms with Crippen LogP contribution in [0.15, 0.2) is 388 Å². The Morgan fingerprint density at radius 2 is 0.575 bits per heavy atom. The number of nitrogens with zero attached hydrogens (tertiary/aromatic N) is 12. The molecule has 0 spiro atoms. The van der Waals surface area contributed by atoms with E-state index in [9.17, 15) is 0 Å². The van der Waals surface area contributed by atoms with Crippen LogP contribution in [0.2, 0.25) is 0 Å². The van der Waals surface area contributed by atoms with E-state index in [-0.39, 0.29) is 0 Å². The summed E-state index contributed by atoms with van der Waals surface area (Å²) in [6.45, 7) is 0. The number of thiazole rings is 3. The minimum absolute atomic E-state index is 0.607. The average molecular weight is 1680 g/mol. The SMILES string of the molecule is c1ccc(-c2cc(-n3c4ccccc4c4c5ncsc5c5c6ccccc6oc5c43)cc(-c3ccccc3)n2)cc1.c1ccc(-c2nc(-c3ccccc3)nc(-c3cccc(-n4c5ccccc5c5c6ncsc6c6c7ccccc7oc6c54)c3)n2)cc1.c1ccc(-c2nc(-n3c4ccccc4c4c5ncsc5c5c6ccccc6oc5c43)nc3ccccc23)cc1. The van der Waals surface area contributed by atoms with Crippen LogP contribution < -0.4 is 0 Å². The van der Waals surface area contributed by atoms with E-state index in [2.05, 4.69) is 238 Å². The Labute approximate surface area is 733 Å². The number of fused-ring (bicyclic) bond motifs is 31. The van der Waals surface area contributed by atoms with Crippen molar-refractivity contribution in [3.05, 3.63) is 374 Å². The van der Waals surface area contributed by atoms with E-state index >= 15 is 0 Å². The molecule has 0 aliphatic rings. The second-order valence-corrected chi connectivity index (χ2v) is 34.0. The molecule has 12 aromatic heterocycles. The molecule has 0 radical (unpaired) electrons. The quantitative estimate of drug-likeness (QED) is 0.134. The number of rotatable bonds is 9. The second-order valence-electron chi connectivity index (χ2n) is 31.4. The van der Waals surface area contributed by atoms with Crippen molar-refractivity contribution in [2.24, 2.45) is 0 Å². The van der Waals surface area contributed by atoms with E-state index < -0.39 is 0 Å². The van der Waals surface area contributed by atoms with E-state index in [0.29, 0.717) is 23.4 Å². The summed E-state index contributed by atoms with van der Waals surface area (Å²) in [4.78, 5) is 45.1. The van der Waals surface area contributed by atoms with Gasteiger partial charge in [-0.25, -0.2) is 44.9 Å². The molecule has 12 heterocycles. The molecule has 28 aromatic rings. The number of pyridine rings is 1. The fraction of sp³-hybridized carbons (Fsp3) is 0. The molecule has 0 bridgehead atoms. The molecule has 0 saturated heterocycles.